The van der Waals surface area contributed by atoms with Gasteiger partial charge < -0.3 is 10.3 Å². The number of imidazole rings is 1. The average Bonchev–Trinajstić information content (AvgIpc) is 2.75. The van der Waals surface area contributed by atoms with Gasteiger partial charge in [0.05, 0.1) is 12.0 Å². The number of nitrogens with two attached hydrogens (primary N) is 1. The van der Waals surface area contributed by atoms with Crippen LogP contribution in [0.4, 0.5) is 0 Å². The van der Waals surface area contributed by atoms with Gasteiger partial charge in [-0.15, -0.1) is 0 Å². The van der Waals surface area contributed by atoms with Crippen LogP contribution in [0, 0.1) is 5.92 Å². The molecule has 0 amide bonds. The van der Waals surface area contributed by atoms with Crippen LogP contribution in [0.25, 0.3) is 0 Å². The van der Waals surface area contributed by atoms with Gasteiger partial charge in [-0.25, -0.2) is 4.98 Å². The maximum Gasteiger partial charge on any atom is 0.0948 e. The number of hydrogen-bond donors (Lipinski definition) is 1. The third-order valence-corrected chi connectivity index (χ3v) is 3.92. The van der Waals surface area contributed by atoms with Gasteiger partial charge >= 0.3 is 0 Å². The van der Waals surface area contributed by atoms with Crippen LogP contribution in [0.15, 0.2) is 12.5 Å². The minimum absolute atomic E-state index is 0.0894. The molecule has 2 heterocycles. The second kappa shape index (κ2) is 4.36. The fraction of sp³-hybridized carbons (Fsp3) is 0.700. The first-order valence-corrected chi connectivity index (χ1v) is 6.26. The van der Waals surface area contributed by atoms with Gasteiger partial charge in [-0.2, -0.15) is 11.8 Å². The molecule has 0 radical (unpaired) electrons. The van der Waals surface area contributed by atoms with Crippen molar-refractivity contribution in [2.24, 2.45) is 11.7 Å². The van der Waals surface area contributed by atoms with Crippen LogP contribution >= 0.6 is 11.8 Å². The Morgan fingerprint density at radius 2 is 2.64 bits per heavy atom. The zero-order valence-electron chi connectivity index (χ0n) is 8.52. The van der Waals surface area contributed by atoms with Crippen molar-refractivity contribution in [2.45, 2.75) is 25.9 Å². The molecule has 1 aromatic rings. The van der Waals surface area contributed by atoms with Crippen molar-refractivity contribution in [3.8, 4) is 0 Å². The summed E-state index contributed by atoms with van der Waals surface area (Å²) in [6.07, 6.45) is 5.12. The largest absolute Gasteiger partial charge is 0.333 e. The third kappa shape index (κ3) is 2.12. The Hall–Kier alpha value is -0.480. The molecule has 2 N–H and O–H groups in total. The summed E-state index contributed by atoms with van der Waals surface area (Å²) >= 11 is 2.05. The van der Waals surface area contributed by atoms with Gasteiger partial charge in [-0.3, -0.25) is 0 Å². The van der Waals surface area contributed by atoms with Gasteiger partial charge in [0.15, 0.2) is 0 Å². The van der Waals surface area contributed by atoms with E-state index in [9.17, 15) is 0 Å². The molecule has 2 rings (SSSR count). The summed E-state index contributed by atoms with van der Waals surface area (Å²) in [7, 11) is 0. The lowest BCUT2D eigenvalue weighted by atomic mass is 10.1. The summed E-state index contributed by atoms with van der Waals surface area (Å²) < 4.78 is 2.21. The number of nitrogens with zero attached hydrogens (tertiary/aromatic N) is 2. The molecule has 4 heteroatoms. The molecule has 1 fully saturated rings. The van der Waals surface area contributed by atoms with E-state index in [1.165, 1.54) is 17.9 Å². The molecule has 14 heavy (non-hydrogen) atoms. The fourth-order valence-electron chi connectivity index (χ4n) is 1.87. The molecule has 78 valence electrons. The maximum absolute atomic E-state index is 5.87. The summed E-state index contributed by atoms with van der Waals surface area (Å²) in [6, 6.07) is 0.0894. The van der Waals surface area contributed by atoms with Crippen molar-refractivity contribution in [2.75, 3.05) is 11.5 Å². The van der Waals surface area contributed by atoms with E-state index in [0.717, 1.165) is 18.2 Å². The summed E-state index contributed by atoms with van der Waals surface area (Å²) in [6.45, 7) is 3.10. The van der Waals surface area contributed by atoms with Gasteiger partial charge in [0.2, 0.25) is 0 Å². The van der Waals surface area contributed by atoms with E-state index < -0.39 is 0 Å². The first kappa shape index (κ1) is 10.1. The smallest absolute Gasteiger partial charge is 0.0948 e. The molecular formula is C10H17N3S. The molecular weight excluding hydrogens is 194 g/mol. The predicted octanol–water partition coefficient (Wildman–Crippen LogP) is 1.66. The van der Waals surface area contributed by atoms with Crippen molar-refractivity contribution in [1.82, 2.24) is 9.55 Å². The van der Waals surface area contributed by atoms with Crippen molar-refractivity contribution in [3.63, 3.8) is 0 Å². The van der Waals surface area contributed by atoms with Crippen LogP contribution in [-0.2, 0) is 6.54 Å². The number of aromatic nitrogens is 2. The first-order chi connectivity index (χ1) is 6.77. The fourth-order valence-corrected chi connectivity index (χ4v) is 3.14. The summed E-state index contributed by atoms with van der Waals surface area (Å²) in [4.78, 5) is 4.16. The van der Waals surface area contributed by atoms with E-state index >= 15 is 0 Å². The Labute approximate surface area is 89.1 Å². The quantitative estimate of drug-likeness (QED) is 0.827. The normalized spacial score (nSPS) is 24.0. The van der Waals surface area contributed by atoms with E-state index in [1.807, 2.05) is 19.4 Å². The van der Waals surface area contributed by atoms with Crippen molar-refractivity contribution >= 4 is 11.8 Å². The molecule has 3 nitrogen and oxygen atoms in total. The summed E-state index contributed by atoms with van der Waals surface area (Å²) in [5.41, 5.74) is 7.02. The van der Waals surface area contributed by atoms with E-state index in [4.69, 9.17) is 5.73 Å². The van der Waals surface area contributed by atoms with E-state index in [-0.39, 0.29) is 6.04 Å². The Balaban J connectivity index is 2.04. The number of thioether (sulfide) groups is 1. The standard InChI is InChI=1S/C10H17N3S/c1-8(11)10-4-12-7-13(10)5-9-2-3-14-6-9/h4,7-9H,2-3,5-6,11H2,1H3/t8-,9?/m1/s1. The highest BCUT2D eigenvalue weighted by atomic mass is 32.2. The molecule has 0 saturated carbocycles. The van der Waals surface area contributed by atoms with Crippen molar-refractivity contribution in [3.05, 3.63) is 18.2 Å². The Bertz CT molecular complexity index is 289. The van der Waals surface area contributed by atoms with Gasteiger partial charge in [0, 0.05) is 18.8 Å². The van der Waals surface area contributed by atoms with Crippen LogP contribution in [0.1, 0.15) is 25.1 Å². The SMILES string of the molecule is C[C@@H](N)c1cncn1CC1CCSC1. The minimum atomic E-state index is 0.0894. The Kier molecular flexibility index (Phi) is 3.13. The molecule has 1 unspecified atom stereocenters. The molecule has 0 aliphatic carbocycles. The Morgan fingerprint density at radius 1 is 1.79 bits per heavy atom. The first-order valence-electron chi connectivity index (χ1n) is 5.10. The molecule has 1 aromatic heterocycles. The van der Waals surface area contributed by atoms with Crippen LogP contribution in [0.5, 0.6) is 0 Å². The van der Waals surface area contributed by atoms with Crippen molar-refractivity contribution in [1.29, 1.82) is 0 Å². The van der Waals surface area contributed by atoms with Gasteiger partial charge in [0.1, 0.15) is 0 Å². The van der Waals surface area contributed by atoms with Gasteiger partial charge in [-0.1, -0.05) is 0 Å². The second-order valence-electron chi connectivity index (χ2n) is 3.99. The van der Waals surface area contributed by atoms with Crippen molar-refractivity contribution < 1.29 is 0 Å². The minimum Gasteiger partial charge on any atom is -0.333 e. The van der Waals surface area contributed by atoms with Crippen LogP contribution < -0.4 is 5.73 Å². The lowest BCUT2D eigenvalue weighted by Gasteiger charge is -2.14. The van der Waals surface area contributed by atoms with Crippen LogP contribution in [0.2, 0.25) is 0 Å². The van der Waals surface area contributed by atoms with E-state index in [2.05, 4.69) is 21.3 Å². The third-order valence-electron chi connectivity index (χ3n) is 2.69. The summed E-state index contributed by atoms with van der Waals surface area (Å²) in [5.74, 6) is 3.41. The lowest BCUT2D eigenvalue weighted by Crippen LogP contribution is -2.16. The van der Waals surface area contributed by atoms with Gasteiger partial charge in [0.25, 0.3) is 0 Å². The topological polar surface area (TPSA) is 43.8 Å². The molecule has 0 bridgehead atoms. The summed E-state index contributed by atoms with van der Waals surface area (Å²) in [5, 5.41) is 0. The number of rotatable bonds is 3. The molecule has 1 aliphatic heterocycles. The van der Waals surface area contributed by atoms with Crippen LogP contribution in [-0.4, -0.2) is 21.1 Å². The Morgan fingerprint density at radius 3 is 3.29 bits per heavy atom. The second-order valence-corrected chi connectivity index (χ2v) is 5.14. The molecule has 1 aliphatic rings. The molecule has 2 atom stereocenters. The maximum atomic E-state index is 5.87. The van der Waals surface area contributed by atoms with E-state index in [1.54, 1.807) is 0 Å². The molecule has 0 aromatic carbocycles. The molecule has 1 saturated heterocycles. The highest BCUT2D eigenvalue weighted by molar-refractivity contribution is 7.99. The zero-order valence-corrected chi connectivity index (χ0v) is 9.33. The zero-order chi connectivity index (χ0) is 9.97. The highest BCUT2D eigenvalue weighted by Crippen LogP contribution is 2.25. The lowest BCUT2D eigenvalue weighted by molar-refractivity contribution is 0.474. The van der Waals surface area contributed by atoms with Gasteiger partial charge in [-0.05, 0) is 30.8 Å². The van der Waals surface area contributed by atoms with E-state index in [0.29, 0.717) is 0 Å². The number of hydrogen-bond acceptors (Lipinski definition) is 3. The highest BCUT2D eigenvalue weighted by Gasteiger charge is 2.17. The van der Waals surface area contributed by atoms with Crippen LogP contribution in [0.3, 0.4) is 0 Å². The monoisotopic (exact) mass is 211 g/mol. The molecule has 0 spiro atoms. The average molecular weight is 211 g/mol. The predicted molar refractivity (Wildman–Crippen MR) is 60.3 cm³/mol.